The zero-order valence-corrected chi connectivity index (χ0v) is 8.92. The largest absolute Gasteiger partial charge is 0.346 e. The zero-order chi connectivity index (χ0) is 9.97. The molecule has 74 valence electrons. The molecule has 0 amide bonds. The standard InChI is InChI=1S/C10H13N3S/c1-8-9(4-11)2-3-13(8)6-10-5-12-7-14-10/h2-3,5,7H,4,6,11H2,1H3. The number of thiazole rings is 1. The van der Waals surface area contributed by atoms with Crippen LogP contribution < -0.4 is 5.73 Å². The van der Waals surface area contributed by atoms with E-state index in [0.29, 0.717) is 6.54 Å². The second-order valence-electron chi connectivity index (χ2n) is 3.23. The second-order valence-corrected chi connectivity index (χ2v) is 4.20. The first-order chi connectivity index (χ1) is 6.81. The molecular weight excluding hydrogens is 194 g/mol. The molecule has 2 rings (SSSR count). The molecule has 0 aromatic carbocycles. The molecule has 14 heavy (non-hydrogen) atoms. The number of nitrogens with zero attached hydrogens (tertiary/aromatic N) is 2. The third-order valence-corrected chi connectivity index (χ3v) is 3.15. The molecule has 0 saturated heterocycles. The molecule has 2 aromatic heterocycles. The van der Waals surface area contributed by atoms with Gasteiger partial charge in [-0.3, -0.25) is 4.98 Å². The van der Waals surface area contributed by atoms with Crippen LogP contribution in [0.4, 0.5) is 0 Å². The summed E-state index contributed by atoms with van der Waals surface area (Å²) in [5.74, 6) is 0. The summed E-state index contributed by atoms with van der Waals surface area (Å²) in [6.45, 7) is 3.61. The molecule has 3 nitrogen and oxygen atoms in total. The fourth-order valence-electron chi connectivity index (χ4n) is 1.47. The van der Waals surface area contributed by atoms with Crippen LogP contribution in [0.1, 0.15) is 16.1 Å². The van der Waals surface area contributed by atoms with E-state index >= 15 is 0 Å². The topological polar surface area (TPSA) is 43.8 Å². The van der Waals surface area contributed by atoms with Crippen molar-refractivity contribution in [2.45, 2.75) is 20.0 Å². The average molecular weight is 207 g/mol. The smallest absolute Gasteiger partial charge is 0.0794 e. The fraction of sp³-hybridized carbons (Fsp3) is 0.300. The SMILES string of the molecule is Cc1c(CN)ccn1Cc1cncs1. The quantitative estimate of drug-likeness (QED) is 0.833. The highest BCUT2D eigenvalue weighted by Crippen LogP contribution is 2.13. The van der Waals surface area contributed by atoms with Gasteiger partial charge in [0, 0.05) is 29.5 Å². The Hall–Kier alpha value is -1.13. The number of rotatable bonds is 3. The summed E-state index contributed by atoms with van der Waals surface area (Å²) >= 11 is 1.68. The Morgan fingerprint density at radius 2 is 2.43 bits per heavy atom. The molecule has 0 atom stereocenters. The van der Waals surface area contributed by atoms with E-state index in [-0.39, 0.29) is 0 Å². The lowest BCUT2D eigenvalue weighted by Gasteiger charge is -2.04. The lowest BCUT2D eigenvalue weighted by atomic mass is 10.2. The highest BCUT2D eigenvalue weighted by atomic mass is 32.1. The number of hydrogen-bond acceptors (Lipinski definition) is 3. The maximum Gasteiger partial charge on any atom is 0.0794 e. The van der Waals surface area contributed by atoms with Crippen LogP contribution in [0, 0.1) is 6.92 Å². The molecule has 2 aromatic rings. The van der Waals surface area contributed by atoms with Gasteiger partial charge in [0.1, 0.15) is 0 Å². The van der Waals surface area contributed by atoms with Gasteiger partial charge in [0.25, 0.3) is 0 Å². The lowest BCUT2D eigenvalue weighted by Crippen LogP contribution is -2.02. The minimum absolute atomic E-state index is 0.613. The van der Waals surface area contributed by atoms with Crippen LogP contribution in [0.25, 0.3) is 0 Å². The van der Waals surface area contributed by atoms with Crippen molar-refractivity contribution in [1.82, 2.24) is 9.55 Å². The van der Waals surface area contributed by atoms with Gasteiger partial charge in [0.2, 0.25) is 0 Å². The molecule has 0 aliphatic rings. The van der Waals surface area contributed by atoms with Gasteiger partial charge in [-0.25, -0.2) is 0 Å². The Balaban J connectivity index is 2.21. The van der Waals surface area contributed by atoms with Crippen LogP contribution in [0.3, 0.4) is 0 Å². The molecule has 0 spiro atoms. The Labute approximate surface area is 87.2 Å². The van der Waals surface area contributed by atoms with Crippen molar-refractivity contribution in [3.63, 3.8) is 0 Å². The van der Waals surface area contributed by atoms with E-state index in [2.05, 4.69) is 28.7 Å². The van der Waals surface area contributed by atoms with Gasteiger partial charge in [-0.05, 0) is 18.6 Å². The first-order valence-corrected chi connectivity index (χ1v) is 5.41. The molecule has 4 heteroatoms. The van der Waals surface area contributed by atoms with Crippen molar-refractivity contribution in [1.29, 1.82) is 0 Å². The van der Waals surface area contributed by atoms with Crippen molar-refractivity contribution in [2.75, 3.05) is 0 Å². The summed E-state index contributed by atoms with van der Waals surface area (Å²) < 4.78 is 2.20. The van der Waals surface area contributed by atoms with Gasteiger partial charge < -0.3 is 10.3 Å². The number of nitrogens with two attached hydrogens (primary N) is 1. The van der Waals surface area contributed by atoms with Crippen molar-refractivity contribution in [3.8, 4) is 0 Å². The third-order valence-electron chi connectivity index (χ3n) is 2.38. The fourth-order valence-corrected chi connectivity index (χ4v) is 2.06. The first kappa shape index (κ1) is 9.43. The predicted octanol–water partition coefficient (Wildman–Crippen LogP) is 1.76. The Bertz CT molecular complexity index is 403. The van der Waals surface area contributed by atoms with E-state index < -0.39 is 0 Å². The van der Waals surface area contributed by atoms with Crippen molar-refractivity contribution in [2.24, 2.45) is 5.73 Å². The monoisotopic (exact) mass is 207 g/mol. The van der Waals surface area contributed by atoms with Gasteiger partial charge >= 0.3 is 0 Å². The molecular formula is C10H13N3S. The minimum Gasteiger partial charge on any atom is -0.346 e. The van der Waals surface area contributed by atoms with E-state index in [1.165, 1.54) is 16.1 Å². The average Bonchev–Trinajstić information content (AvgIpc) is 2.79. The third kappa shape index (κ3) is 1.71. The predicted molar refractivity (Wildman–Crippen MR) is 58.3 cm³/mol. The van der Waals surface area contributed by atoms with E-state index in [4.69, 9.17) is 5.73 Å². The maximum absolute atomic E-state index is 5.61. The van der Waals surface area contributed by atoms with Crippen LogP contribution >= 0.6 is 11.3 Å². The second kappa shape index (κ2) is 3.94. The van der Waals surface area contributed by atoms with Crippen LogP contribution in [-0.4, -0.2) is 9.55 Å². The molecule has 0 bridgehead atoms. The molecule has 0 aliphatic heterocycles. The van der Waals surface area contributed by atoms with E-state index in [1.54, 1.807) is 11.3 Å². The molecule has 2 heterocycles. The van der Waals surface area contributed by atoms with Gasteiger partial charge in [0.15, 0.2) is 0 Å². The van der Waals surface area contributed by atoms with Gasteiger partial charge in [0.05, 0.1) is 12.1 Å². The summed E-state index contributed by atoms with van der Waals surface area (Å²) in [6.07, 6.45) is 3.99. The zero-order valence-electron chi connectivity index (χ0n) is 8.10. The molecule has 0 saturated carbocycles. The Morgan fingerprint density at radius 1 is 1.57 bits per heavy atom. The van der Waals surface area contributed by atoms with E-state index in [0.717, 1.165) is 6.54 Å². The molecule has 0 aliphatic carbocycles. The molecule has 0 radical (unpaired) electrons. The van der Waals surface area contributed by atoms with E-state index in [9.17, 15) is 0 Å². The lowest BCUT2D eigenvalue weighted by molar-refractivity contribution is 0.778. The van der Waals surface area contributed by atoms with Gasteiger partial charge in [-0.15, -0.1) is 11.3 Å². The minimum atomic E-state index is 0.613. The molecule has 0 unspecified atom stereocenters. The van der Waals surface area contributed by atoms with Crippen LogP contribution in [0.5, 0.6) is 0 Å². The highest BCUT2D eigenvalue weighted by Gasteiger charge is 2.03. The van der Waals surface area contributed by atoms with Crippen LogP contribution in [0.15, 0.2) is 24.0 Å². The van der Waals surface area contributed by atoms with Crippen molar-refractivity contribution in [3.05, 3.63) is 40.1 Å². The summed E-state index contributed by atoms with van der Waals surface area (Å²) in [6, 6.07) is 2.08. The summed E-state index contributed by atoms with van der Waals surface area (Å²) in [5, 5.41) is 0. The van der Waals surface area contributed by atoms with E-state index in [1.807, 2.05) is 11.7 Å². The van der Waals surface area contributed by atoms with Gasteiger partial charge in [-0.1, -0.05) is 0 Å². The summed E-state index contributed by atoms with van der Waals surface area (Å²) in [4.78, 5) is 5.33. The Kier molecular flexibility index (Phi) is 2.65. The maximum atomic E-state index is 5.61. The van der Waals surface area contributed by atoms with Crippen molar-refractivity contribution < 1.29 is 0 Å². The van der Waals surface area contributed by atoms with Crippen molar-refractivity contribution >= 4 is 11.3 Å². The van der Waals surface area contributed by atoms with Crippen LogP contribution in [-0.2, 0) is 13.1 Å². The first-order valence-electron chi connectivity index (χ1n) is 4.53. The Morgan fingerprint density at radius 3 is 3.00 bits per heavy atom. The molecule has 0 fully saturated rings. The number of hydrogen-bond donors (Lipinski definition) is 1. The number of aromatic nitrogens is 2. The summed E-state index contributed by atoms with van der Waals surface area (Å²) in [7, 11) is 0. The van der Waals surface area contributed by atoms with Gasteiger partial charge in [-0.2, -0.15) is 0 Å². The molecule has 2 N–H and O–H groups in total. The highest BCUT2D eigenvalue weighted by molar-refractivity contribution is 7.09. The summed E-state index contributed by atoms with van der Waals surface area (Å²) in [5.41, 5.74) is 9.94. The normalized spacial score (nSPS) is 10.7. The van der Waals surface area contributed by atoms with Crippen LogP contribution in [0.2, 0.25) is 0 Å².